The second-order valence-electron chi connectivity index (χ2n) is 5.54. The largest absolute Gasteiger partial charge is 0.454 e. The average Bonchev–Trinajstić information content (AvgIpc) is 3.22. The molecular weight excluding hydrogens is 268 g/mol. The highest BCUT2D eigenvalue weighted by Crippen LogP contribution is 2.35. The molecule has 0 spiro atoms. The number of benzene rings is 1. The van der Waals surface area contributed by atoms with Crippen molar-refractivity contribution in [2.45, 2.75) is 18.9 Å². The van der Waals surface area contributed by atoms with Crippen LogP contribution in [-0.4, -0.2) is 37.2 Å². The third-order valence-corrected chi connectivity index (χ3v) is 4.07. The molecule has 1 saturated carbocycles. The summed E-state index contributed by atoms with van der Waals surface area (Å²) in [6, 6.07) is 5.77. The van der Waals surface area contributed by atoms with E-state index in [2.05, 4.69) is 0 Å². The van der Waals surface area contributed by atoms with Gasteiger partial charge in [0.1, 0.15) is 0 Å². The minimum atomic E-state index is -0.0185. The Morgan fingerprint density at radius 2 is 2.19 bits per heavy atom. The number of ether oxygens (including phenoxy) is 2. The first kappa shape index (κ1) is 13.9. The van der Waals surface area contributed by atoms with Crippen LogP contribution < -0.4 is 15.2 Å². The molecule has 5 heteroatoms. The predicted octanol–water partition coefficient (Wildman–Crippen LogP) is 1.62. The summed E-state index contributed by atoms with van der Waals surface area (Å²) in [4.78, 5) is 14.0. The molecule has 0 saturated heterocycles. The van der Waals surface area contributed by atoms with Crippen LogP contribution in [-0.2, 0) is 4.79 Å². The van der Waals surface area contributed by atoms with Gasteiger partial charge in [-0.3, -0.25) is 4.79 Å². The topological polar surface area (TPSA) is 64.8 Å². The van der Waals surface area contributed by atoms with Crippen LogP contribution in [0.1, 0.15) is 18.4 Å². The molecule has 21 heavy (non-hydrogen) atoms. The average molecular weight is 288 g/mol. The van der Waals surface area contributed by atoms with E-state index in [1.165, 1.54) is 12.8 Å². The molecule has 1 heterocycles. The summed E-state index contributed by atoms with van der Waals surface area (Å²) in [5.74, 6) is 2.02. The maximum absolute atomic E-state index is 12.2. The molecule has 1 aliphatic heterocycles. The highest BCUT2D eigenvalue weighted by Gasteiger charge is 2.34. The number of amides is 1. The number of hydrogen-bond donors (Lipinski definition) is 1. The summed E-state index contributed by atoms with van der Waals surface area (Å²) in [6.45, 7) is 0.772. The summed E-state index contributed by atoms with van der Waals surface area (Å²) >= 11 is 0. The molecule has 5 nitrogen and oxygen atoms in total. The van der Waals surface area contributed by atoms with Crippen molar-refractivity contribution in [3.8, 4) is 11.5 Å². The van der Waals surface area contributed by atoms with Gasteiger partial charge in [-0.25, -0.2) is 0 Å². The first-order chi connectivity index (χ1) is 10.2. The molecule has 1 aliphatic carbocycles. The van der Waals surface area contributed by atoms with E-state index in [-0.39, 0.29) is 18.7 Å². The van der Waals surface area contributed by atoms with Crippen molar-refractivity contribution in [1.82, 2.24) is 4.90 Å². The summed E-state index contributed by atoms with van der Waals surface area (Å²) in [6.07, 6.45) is 5.72. The molecular formula is C16H20N2O3. The van der Waals surface area contributed by atoms with Crippen molar-refractivity contribution in [2.24, 2.45) is 11.7 Å². The standard InChI is InChI=1S/C16H20N2O3/c1-18(13(9-17)12-4-5-12)16(19)7-3-11-2-6-14-15(8-11)21-10-20-14/h2-3,6-8,12-13H,4-5,9-10,17H2,1H3/b7-3+. The van der Waals surface area contributed by atoms with Gasteiger partial charge < -0.3 is 20.1 Å². The highest BCUT2D eigenvalue weighted by atomic mass is 16.7. The van der Waals surface area contributed by atoms with Crippen molar-refractivity contribution < 1.29 is 14.3 Å². The fourth-order valence-corrected chi connectivity index (χ4v) is 2.61. The lowest BCUT2D eigenvalue weighted by atomic mass is 10.1. The first-order valence-corrected chi connectivity index (χ1v) is 7.23. The molecule has 2 aliphatic rings. The van der Waals surface area contributed by atoms with Crippen molar-refractivity contribution in [2.75, 3.05) is 20.4 Å². The number of carbonyl (C=O) groups excluding carboxylic acids is 1. The zero-order chi connectivity index (χ0) is 14.8. The molecule has 0 radical (unpaired) electrons. The van der Waals surface area contributed by atoms with E-state index >= 15 is 0 Å². The van der Waals surface area contributed by atoms with Crippen LogP contribution in [0, 0.1) is 5.92 Å². The maximum atomic E-state index is 12.2. The number of rotatable bonds is 5. The SMILES string of the molecule is CN(C(=O)/C=C/c1ccc2c(c1)OCO2)C(CN)C1CC1. The third-order valence-electron chi connectivity index (χ3n) is 4.07. The maximum Gasteiger partial charge on any atom is 0.246 e. The minimum absolute atomic E-state index is 0.0185. The van der Waals surface area contributed by atoms with Gasteiger partial charge in [0.15, 0.2) is 11.5 Å². The van der Waals surface area contributed by atoms with E-state index in [9.17, 15) is 4.79 Å². The molecule has 2 N–H and O–H groups in total. The van der Waals surface area contributed by atoms with Gasteiger partial charge in [0.2, 0.25) is 12.7 Å². The van der Waals surface area contributed by atoms with E-state index in [1.54, 1.807) is 17.1 Å². The Morgan fingerprint density at radius 3 is 2.90 bits per heavy atom. The second-order valence-corrected chi connectivity index (χ2v) is 5.54. The van der Waals surface area contributed by atoms with Gasteiger partial charge in [-0.15, -0.1) is 0 Å². The van der Waals surface area contributed by atoms with Crippen molar-refractivity contribution in [3.63, 3.8) is 0 Å². The fourth-order valence-electron chi connectivity index (χ4n) is 2.61. The van der Waals surface area contributed by atoms with Gasteiger partial charge in [-0.2, -0.15) is 0 Å². The minimum Gasteiger partial charge on any atom is -0.454 e. The summed E-state index contributed by atoms with van der Waals surface area (Å²) in [5.41, 5.74) is 6.69. The zero-order valence-electron chi connectivity index (χ0n) is 12.1. The Morgan fingerprint density at radius 1 is 1.43 bits per heavy atom. The van der Waals surface area contributed by atoms with Crippen molar-refractivity contribution in [1.29, 1.82) is 0 Å². The third kappa shape index (κ3) is 3.03. The Labute approximate surface area is 124 Å². The van der Waals surface area contributed by atoms with Crippen LogP contribution in [0.5, 0.6) is 11.5 Å². The highest BCUT2D eigenvalue weighted by molar-refractivity contribution is 5.92. The molecule has 3 rings (SSSR count). The van der Waals surface area contributed by atoms with Crippen LogP contribution in [0.3, 0.4) is 0 Å². The number of carbonyl (C=O) groups is 1. The lowest BCUT2D eigenvalue weighted by Crippen LogP contribution is -2.42. The predicted molar refractivity (Wildman–Crippen MR) is 79.9 cm³/mol. The van der Waals surface area contributed by atoms with E-state index < -0.39 is 0 Å². The van der Waals surface area contributed by atoms with Gasteiger partial charge in [-0.1, -0.05) is 6.07 Å². The van der Waals surface area contributed by atoms with Crippen molar-refractivity contribution >= 4 is 12.0 Å². The molecule has 1 amide bonds. The van der Waals surface area contributed by atoms with E-state index in [4.69, 9.17) is 15.2 Å². The van der Waals surface area contributed by atoms with Crippen molar-refractivity contribution in [3.05, 3.63) is 29.8 Å². The molecule has 1 aromatic rings. The number of likely N-dealkylation sites (N-methyl/N-ethyl adjacent to an activating group) is 1. The number of nitrogens with zero attached hydrogens (tertiary/aromatic N) is 1. The van der Waals surface area contributed by atoms with E-state index in [0.717, 1.165) is 17.1 Å². The molecule has 0 aromatic heterocycles. The van der Waals surface area contributed by atoms with Crippen LogP contribution in [0.4, 0.5) is 0 Å². The molecule has 1 atom stereocenters. The zero-order valence-corrected chi connectivity index (χ0v) is 12.1. The van der Waals surface area contributed by atoms with Gasteiger partial charge in [-0.05, 0) is 42.5 Å². The summed E-state index contributed by atoms with van der Waals surface area (Å²) in [7, 11) is 1.82. The smallest absolute Gasteiger partial charge is 0.246 e. The fraction of sp³-hybridized carbons (Fsp3) is 0.438. The molecule has 1 unspecified atom stereocenters. The normalized spacial score (nSPS) is 18.0. The quantitative estimate of drug-likeness (QED) is 0.836. The number of nitrogens with two attached hydrogens (primary N) is 1. The van der Waals surface area contributed by atoms with Crippen LogP contribution >= 0.6 is 0 Å². The lowest BCUT2D eigenvalue weighted by Gasteiger charge is -2.25. The monoisotopic (exact) mass is 288 g/mol. The van der Waals surface area contributed by atoms with E-state index in [0.29, 0.717) is 12.5 Å². The Bertz CT molecular complexity index is 567. The summed E-state index contributed by atoms with van der Waals surface area (Å²) < 4.78 is 10.6. The number of fused-ring (bicyclic) bond motifs is 1. The van der Waals surface area contributed by atoms with Gasteiger partial charge in [0.05, 0.1) is 0 Å². The molecule has 112 valence electrons. The molecule has 1 fully saturated rings. The number of hydrogen-bond acceptors (Lipinski definition) is 4. The van der Waals surface area contributed by atoms with Gasteiger partial charge >= 0.3 is 0 Å². The first-order valence-electron chi connectivity index (χ1n) is 7.23. The Kier molecular flexibility index (Phi) is 3.84. The Hall–Kier alpha value is -2.01. The summed E-state index contributed by atoms with van der Waals surface area (Å²) in [5, 5.41) is 0. The van der Waals surface area contributed by atoms with E-state index in [1.807, 2.05) is 25.2 Å². The Balaban J connectivity index is 1.66. The molecule has 0 bridgehead atoms. The van der Waals surface area contributed by atoms with Crippen LogP contribution in [0.15, 0.2) is 24.3 Å². The van der Waals surface area contributed by atoms with Crippen LogP contribution in [0.2, 0.25) is 0 Å². The van der Waals surface area contributed by atoms with Crippen LogP contribution in [0.25, 0.3) is 6.08 Å². The molecule has 1 aromatic carbocycles. The lowest BCUT2D eigenvalue weighted by molar-refractivity contribution is -0.126. The second kappa shape index (κ2) is 5.77. The van der Waals surface area contributed by atoms with Gasteiger partial charge in [0.25, 0.3) is 0 Å². The van der Waals surface area contributed by atoms with Gasteiger partial charge in [0, 0.05) is 25.7 Å².